The Morgan fingerprint density at radius 3 is 2.15 bits per heavy atom. The molecule has 2 aromatic heterocycles. The maximum atomic E-state index is 13.5. The molecule has 3 aromatic carbocycles. The van der Waals surface area contributed by atoms with Gasteiger partial charge in [-0.15, -0.1) is 0 Å². The predicted molar refractivity (Wildman–Crippen MR) is 157 cm³/mol. The number of carbonyl (C=O) groups is 1. The van der Waals surface area contributed by atoms with Crippen molar-refractivity contribution in [2.45, 2.75) is 4.90 Å². The van der Waals surface area contributed by atoms with Crippen LogP contribution in [-0.2, 0) is 10.0 Å². The van der Waals surface area contributed by atoms with Crippen molar-refractivity contribution >= 4 is 61.6 Å². The Balaban J connectivity index is 1.47. The summed E-state index contributed by atoms with van der Waals surface area (Å²) in [5.41, 5.74) is 2.10. The van der Waals surface area contributed by atoms with Crippen LogP contribution in [0.3, 0.4) is 0 Å². The molecule has 0 saturated heterocycles. The molecule has 41 heavy (non-hydrogen) atoms. The van der Waals surface area contributed by atoms with Gasteiger partial charge in [-0.2, -0.15) is 0 Å². The van der Waals surface area contributed by atoms with Crippen molar-refractivity contribution in [1.29, 1.82) is 0 Å². The molecule has 0 spiro atoms. The number of methoxy groups -OCH3 is 2. The van der Waals surface area contributed by atoms with Crippen LogP contribution in [0.4, 0.5) is 23.0 Å². The van der Waals surface area contributed by atoms with E-state index in [1.165, 1.54) is 50.7 Å². The summed E-state index contributed by atoms with van der Waals surface area (Å²) in [7, 11) is -1.13. The number of hydrogen-bond donors (Lipinski definition) is 3. The Bertz CT molecular complexity index is 1850. The van der Waals surface area contributed by atoms with Crippen molar-refractivity contribution in [1.82, 2.24) is 15.0 Å². The third-order valence-corrected chi connectivity index (χ3v) is 7.35. The molecular weight excluding hydrogens is 568 g/mol. The van der Waals surface area contributed by atoms with E-state index in [1.807, 2.05) is 0 Å². The van der Waals surface area contributed by atoms with Gasteiger partial charge in [-0.25, -0.2) is 23.4 Å². The second-order valence-corrected chi connectivity index (χ2v) is 10.7. The van der Waals surface area contributed by atoms with Crippen LogP contribution in [-0.4, -0.2) is 43.5 Å². The summed E-state index contributed by atoms with van der Waals surface area (Å²) < 4.78 is 40.2. The SMILES string of the molecule is COc1cc(Nc2nc3ccccc3nc2NS(=O)(=O)c2cccc(NC(=O)c3ccnc(Cl)c3)c2)cc(OC)c1. The number of rotatable bonds is 9. The molecule has 5 rings (SSSR count). The fourth-order valence-electron chi connectivity index (χ4n) is 3.85. The zero-order chi connectivity index (χ0) is 29.0. The molecule has 11 nitrogen and oxygen atoms in total. The standard InChI is InChI=1S/C28H23ClN6O5S/c1-39-20-13-19(14-21(16-20)40-2)31-26-27(34-24-9-4-3-8-23(24)33-26)35-41(37,38)22-7-5-6-18(15-22)32-28(36)17-10-11-30-25(29)12-17/h3-16H,1-2H3,(H,31,33)(H,32,36)(H,34,35). The summed E-state index contributed by atoms with van der Waals surface area (Å²) in [6.45, 7) is 0. The molecule has 0 radical (unpaired) electrons. The number of pyridine rings is 1. The van der Waals surface area contributed by atoms with Crippen LogP contribution in [0.5, 0.6) is 11.5 Å². The Labute approximate surface area is 240 Å². The Kier molecular flexibility index (Phi) is 7.86. The molecular formula is C28H23ClN6O5S. The van der Waals surface area contributed by atoms with Gasteiger partial charge in [-0.3, -0.25) is 9.52 Å². The average Bonchev–Trinajstić information content (AvgIpc) is 2.97. The third kappa shape index (κ3) is 6.45. The van der Waals surface area contributed by atoms with E-state index in [1.54, 1.807) is 48.5 Å². The smallest absolute Gasteiger partial charge is 0.263 e. The lowest BCUT2D eigenvalue weighted by atomic mass is 10.2. The topological polar surface area (TPSA) is 144 Å². The molecule has 0 aliphatic heterocycles. The minimum atomic E-state index is -4.18. The van der Waals surface area contributed by atoms with E-state index in [-0.39, 0.29) is 32.9 Å². The van der Waals surface area contributed by atoms with Crippen molar-refractivity contribution in [2.75, 3.05) is 29.6 Å². The molecule has 0 bridgehead atoms. The highest BCUT2D eigenvalue weighted by atomic mass is 35.5. The van der Waals surface area contributed by atoms with E-state index in [2.05, 4.69) is 30.3 Å². The highest BCUT2D eigenvalue weighted by molar-refractivity contribution is 7.92. The maximum Gasteiger partial charge on any atom is 0.263 e. The molecule has 3 N–H and O–H groups in total. The van der Waals surface area contributed by atoms with Gasteiger partial charge >= 0.3 is 0 Å². The van der Waals surface area contributed by atoms with Crippen LogP contribution in [0.2, 0.25) is 5.15 Å². The molecule has 0 aliphatic carbocycles. The highest BCUT2D eigenvalue weighted by Gasteiger charge is 2.20. The van der Waals surface area contributed by atoms with Gasteiger partial charge in [0.05, 0.1) is 30.1 Å². The number of carbonyl (C=O) groups excluding carboxylic acids is 1. The van der Waals surface area contributed by atoms with E-state index in [4.69, 9.17) is 21.1 Å². The van der Waals surface area contributed by atoms with Crippen molar-refractivity contribution in [3.05, 3.63) is 95.8 Å². The number of nitrogens with one attached hydrogen (secondary N) is 3. The van der Waals surface area contributed by atoms with Gasteiger partial charge in [-0.1, -0.05) is 29.8 Å². The van der Waals surface area contributed by atoms with Crippen molar-refractivity contribution in [3.63, 3.8) is 0 Å². The van der Waals surface area contributed by atoms with E-state index < -0.39 is 15.9 Å². The first-order valence-corrected chi connectivity index (χ1v) is 13.9. The monoisotopic (exact) mass is 590 g/mol. The van der Waals surface area contributed by atoms with Gasteiger partial charge in [0, 0.05) is 41.3 Å². The second kappa shape index (κ2) is 11.7. The molecule has 0 fully saturated rings. The van der Waals surface area contributed by atoms with Crippen molar-refractivity contribution in [2.24, 2.45) is 0 Å². The minimum absolute atomic E-state index is 0.0358. The van der Waals surface area contributed by atoms with E-state index >= 15 is 0 Å². The van der Waals surface area contributed by atoms with Gasteiger partial charge in [0.2, 0.25) is 0 Å². The second-order valence-electron chi connectivity index (χ2n) is 8.59. The van der Waals surface area contributed by atoms with Crippen LogP contribution < -0.4 is 24.8 Å². The first-order valence-electron chi connectivity index (χ1n) is 12.1. The lowest BCUT2D eigenvalue weighted by molar-refractivity contribution is 0.102. The summed E-state index contributed by atoms with van der Waals surface area (Å²) >= 11 is 5.88. The Morgan fingerprint density at radius 1 is 0.805 bits per heavy atom. The summed E-state index contributed by atoms with van der Waals surface area (Å²) in [6.07, 6.45) is 1.40. The Hall–Kier alpha value is -4.94. The first kappa shape index (κ1) is 27.6. The predicted octanol–water partition coefficient (Wildman–Crippen LogP) is 5.49. The number of nitrogens with zero attached hydrogens (tertiary/aromatic N) is 3. The molecule has 2 heterocycles. The average molecular weight is 591 g/mol. The number of benzene rings is 3. The molecule has 1 amide bonds. The number of anilines is 4. The van der Waals surface area contributed by atoms with Gasteiger partial charge in [0.15, 0.2) is 11.6 Å². The number of fused-ring (bicyclic) bond motifs is 1. The molecule has 13 heteroatoms. The summed E-state index contributed by atoms with van der Waals surface area (Å²) in [6, 6.07) is 20.9. The zero-order valence-corrected chi connectivity index (χ0v) is 23.3. The van der Waals surface area contributed by atoms with Crippen LogP contribution in [0.25, 0.3) is 11.0 Å². The molecule has 0 unspecified atom stereocenters. The summed E-state index contributed by atoms with van der Waals surface area (Å²) in [5, 5.41) is 5.94. The van der Waals surface area contributed by atoms with E-state index in [0.717, 1.165) is 0 Å². The highest BCUT2D eigenvalue weighted by Crippen LogP contribution is 2.31. The minimum Gasteiger partial charge on any atom is -0.497 e. The van der Waals surface area contributed by atoms with Crippen LogP contribution >= 0.6 is 11.6 Å². The van der Waals surface area contributed by atoms with Crippen molar-refractivity contribution in [3.8, 4) is 11.5 Å². The van der Waals surface area contributed by atoms with E-state index in [0.29, 0.717) is 28.2 Å². The lowest BCUT2D eigenvalue weighted by Gasteiger charge is -2.15. The number of para-hydroxylation sites is 2. The van der Waals surface area contributed by atoms with Gasteiger partial charge in [0.25, 0.3) is 15.9 Å². The molecule has 0 saturated carbocycles. The van der Waals surface area contributed by atoms with Gasteiger partial charge in [-0.05, 0) is 42.5 Å². The van der Waals surface area contributed by atoms with Gasteiger partial charge in [0.1, 0.15) is 16.7 Å². The molecule has 0 atom stereocenters. The van der Waals surface area contributed by atoms with Crippen molar-refractivity contribution < 1.29 is 22.7 Å². The number of ether oxygens (including phenoxy) is 2. The molecule has 208 valence electrons. The summed E-state index contributed by atoms with van der Waals surface area (Å²) in [5.74, 6) is 0.691. The van der Waals surface area contributed by atoms with Crippen LogP contribution in [0.1, 0.15) is 10.4 Å². The fraction of sp³-hybridized carbons (Fsp3) is 0.0714. The Morgan fingerprint density at radius 2 is 1.49 bits per heavy atom. The number of sulfonamides is 1. The number of amides is 1. The first-order chi connectivity index (χ1) is 19.7. The summed E-state index contributed by atoms with van der Waals surface area (Å²) in [4.78, 5) is 25.5. The van der Waals surface area contributed by atoms with Crippen LogP contribution in [0, 0.1) is 0 Å². The number of aromatic nitrogens is 3. The molecule has 5 aromatic rings. The fourth-order valence-corrected chi connectivity index (χ4v) is 5.08. The normalized spacial score (nSPS) is 11.1. The van der Waals surface area contributed by atoms with E-state index in [9.17, 15) is 13.2 Å². The molecule has 0 aliphatic rings. The largest absolute Gasteiger partial charge is 0.497 e. The maximum absolute atomic E-state index is 13.5. The zero-order valence-electron chi connectivity index (χ0n) is 21.8. The third-order valence-electron chi connectivity index (χ3n) is 5.81. The lowest BCUT2D eigenvalue weighted by Crippen LogP contribution is -2.17. The van der Waals surface area contributed by atoms with Gasteiger partial charge < -0.3 is 20.1 Å². The quantitative estimate of drug-likeness (QED) is 0.190. The van der Waals surface area contributed by atoms with Crippen LogP contribution in [0.15, 0.2) is 90.0 Å². The number of hydrogen-bond acceptors (Lipinski definition) is 9. The number of halogens is 1.